The molecule has 2 aromatic carbocycles. The van der Waals surface area contributed by atoms with Crippen LogP contribution in [0.4, 0.5) is 0 Å². The van der Waals surface area contributed by atoms with Gasteiger partial charge in [-0.3, -0.25) is 9.59 Å². The molecule has 0 spiro atoms. The predicted molar refractivity (Wildman–Crippen MR) is 150 cm³/mol. The van der Waals surface area contributed by atoms with Crippen molar-refractivity contribution in [2.45, 2.75) is 44.1 Å². The first-order valence-electron chi connectivity index (χ1n) is 14.0. The maximum absolute atomic E-state index is 14.0. The normalized spacial score (nSPS) is 20.4. The van der Waals surface area contributed by atoms with E-state index in [1.807, 2.05) is 48.3 Å². The van der Waals surface area contributed by atoms with Gasteiger partial charge in [0.1, 0.15) is 0 Å². The van der Waals surface area contributed by atoms with Crippen LogP contribution in [0, 0.1) is 0 Å². The average Bonchev–Trinajstić information content (AvgIpc) is 3.08. The number of amides is 2. The van der Waals surface area contributed by atoms with Gasteiger partial charge < -0.3 is 24.4 Å². The number of carbonyl (C=O) groups is 2. The average molecular weight is 517 g/mol. The highest BCUT2D eigenvalue weighted by atomic mass is 16.5. The summed E-state index contributed by atoms with van der Waals surface area (Å²) in [6, 6.07) is 15.4. The Balaban J connectivity index is 1.46. The van der Waals surface area contributed by atoms with E-state index < -0.39 is 12.0 Å². The van der Waals surface area contributed by atoms with Crippen LogP contribution in [0.3, 0.4) is 0 Å². The molecule has 202 valence electrons. The third kappa shape index (κ3) is 5.36. The van der Waals surface area contributed by atoms with Crippen LogP contribution in [0.1, 0.15) is 65.5 Å². The van der Waals surface area contributed by atoms with E-state index in [1.54, 1.807) is 7.11 Å². The maximum atomic E-state index is 14.0. The minimum absolute atomic E-state index is 0.0267. The molecule has 0 saturated carbocycles. The number of nitrogens with zero attached hydrogens (tertiary/aromatic N) is 3. The van der Waals surface area contributed by atoms with Gasteiger partial charge >= 0.3 is 0 Å². The number of rotatable bonds is 9. The lowest BCUT2D eigenvalue weighted by molar-refractivity contribution is -0.124. The number of aromatic nitrogens is 1. The lowest BCUT2D eigenvalue weighted by atomic mass is 9.79. The second kappa shape index (κ2) is 12.1. The molecule has 0 unspecified atom stereocenters. The van der Waals surface area contributed by atoms with Crippen molar-refractivity contribution in [1.29, 1.82) is 0 Å². The summed E-state index contributed by atoms with van der Waals surface area (Å²) in [6.45, 7) is 4.76. The summed E-state index contributed by atoms with van der Waals surface area (Å²) < 4.78 is 7.48. The molecular weight excluding hydrogens is 476 g/mol. The van der Waals surface area contributed by atoms with Crippen molar-refractivity contribution < 1.29 is 14.3 Å². The summed E-state index contributed by atoms with van der Waals surface area (Å²) in [6.07, 6.45) is 8.18. The van der Waals surface area contributed by atoms with E-state index in [1.165, 1.54) is 25.7 Å². The number of aryl methyl sites for hydroxylation is 1. The molecule has 1 N–H and O–H groups in total. The van der Waals surface area contributed by atoms with Crippen LogP contribution in [-0.2, 0) is 16.6 Å². The fraction of sp³-hybridized carbons (Fsp3) is 0.484. The zero-order valence-corrected chi connectivity index (χ0v) is 22.7. The topological polar surface area (TPSA) is 66.8 Å². The molecule has 1 fully saturated rings. The van der Waals surface area contributed by atoms with Crippen molar-refractivity contribution in [2.24, 2.45) is 7.05 Å². The van der Waals surface area contributed by atoms with Gasteiger partial charge in [0.05, 0.1) is 18.6 Å². The predicted octanol–water partition coefficient (Wildman–Crippen LogP) is 4.49. The number of ether oxygens (including phenoxy) is 1. The molecule has 3 heterocycles. The van der Waals surface area contributed by atoms with Crippen LogP contribution in [-0.4, -0.2) is 72.6 Å². The Morgan fingerprint density at radius 1 is 0.974 bits per heavy atom. The molecule has 2 aliphatic heterocycles. The number of likely N-dealkylation sites (tertiary alicyclic amines) is 1. The van der Waals surface area contributed by atoms with E-state index in [4.69, 9.17) is 4.74 Å². The van der Waals surface area contributed by atoms with Crippen molar-refractivity contribution in [3.8, 4) is 0 Å². The first-order chi connectivity index (χ1) is 18.6. The summed E-state index contributed by atoms with van der Waals surface area (Å²) in [5, 5.41) is 4.32. The molecule has 38 heavy (non-hydrogen) atoms. The Hall–Kier alpha value is -3.16. The van der Waals surface area contributed by atoms with Crippen LogP contribution in [0.15, 0.2) is 54.7 Å². The summed E-state index contributed by atoms with van der Waals surface area (Å²) in [5.41, 5.74) is 3.47. The molecule has 0 aliphatic carbocycles. The van der Waals surface area contributed by atoms with Crippen LogP contribution < -0.4 is 5.32 Å². The minimum Gasteiger partial charge on any atom is -0.383 e. The highest BCUT2D eigenvalue weighted by Gasteiger charge is 2.44. The van der Waals surface area contributed by atoms with Gasteiger partial charge in [0, 0.05) is 55.5 Å². The van der Waals surface area contributed by atoms with Gasteiger partial charge in [0.25, 0.3) is 5.91 Å². The zero-order chi connectivity index (χ0) is 26.5. The third-order valence-electron chi connectivity index (χ3n) is 8.15. The monoisotopic (exact) mass is 516 g/mol. The van der Waals surface area contributed by atoms with E-state index in [0.717, 1.165) is 48.1 Å². The summed E-state index contributed by atoms with van der Waals surface area (Å²) in [5.74, 6) is -0.591. The number of hydrogen-bond donors (Lipinski definition) is 1. The molecule has 2 amide bonds. The van der Waals surface area contributed by atoms with E-state index >= 15 is 0 Å². The Bertz CT molecular complexity index is 1260. The third-order valence-corrected chi connectivity index (χ3v) is 8.15. The van der Waals surface area contributed by atoms with Crippen molar-refractivity contribution in [3.63, 3.8) is 0 Å². The quantitative estimate of drug-likeness (QED) is 0.426. The Labute approximate surface area is 225 Å². The second-order valence-electron chi connectivity index (χ2n) is 10.6. The van der Waals surface area contributed by atoms with Gasteiger partial charge in [0.15, 0.2) is 0 Å². The molecule has 0 bridgehead atoms. The number of para-hydroxylation sites is 1. The minimum atomic E-state index is -0.509. The van der Waals surface area contributed by atoms with Gasteiger partial charge in [-0.15, -0.1) is 0 Å². The van der Waals surface area contributed by atoms with Crippen molar-refractivity contribution in [2.75, 3.05) is 46.4 Å². The molecule has 2 aliphatic rings. The lowest BCUT2D eigenvalue weighted by Gasteiger charge is -2.41. The molecule has 1 saturated heterocycles. The van der Waals surface area contributed by atoms with Gasteiger partial charge in [-0.05, 0) is 56.6 Å². The summed E-state index contributed by atoms with van der Waals surface area (Å²) >= 11 is 0. The fourth-order valence-electron chi connectivity index (χ4n) is 6.25. The number of hydrogen-bond acceptors (Lipinski definition) is 4. The number of benzene rings is 2. The molecule has 7 nitrogen and oxygen atoms in total. The Morgan fingerprint density at radius 3 is 2.50 bits per heavy atom. The van der Waals surface area contributed by atoms with E-state index in [9.17, 15) is 9.59 Å². The first-order valence-corrected chi connectivity index (χ1v) is 14.0. The smallest absolute Gasteiger partial charge is 0.254 e. The molecule has 2 atom stereocenters. The molecule has 5 rings (SSSR count). The lowest BCUT2D eigenvalue weighted by Crippen LogP contribution is -2.48. The van der Waals surface area contributed by atoms with Crippen molar-refractivity contribution in [1.82, 2.24) is 19.7 Å². The van der Waals surface area contributed by atoms with Gasteiger partial charge in [-0.25, -0.2) is 0 Å². The van der Waals surface area contributed by atoms with E-state index in [-0.39, 0.29) is 11.8 Å². The molecule has 7 heteroatoms. The molecule has 0 radical (unpaired) electrons. The van der Waals surface area contributed by atoms with Gasteiger partial charge in [0.2, 0.25) is 5.91 Å². The fourth-order valence-corrected chi connectivity index (χ4v) is 6.25. The molecular formula is C31H40N4O3. The summed E-state index contributed by atoms with van der Waals surface area (Å²) in [4.78, 5) is 32.2. The van der Waals surface area contributed by atoms with Crippen LogP contribution in [0.5, 0.6) is 0 Å². The van der Waals surface area contributed by atoms with Gasteiger partial charge in [-0.1, -0.05) is 49.2 Å². The highest BCUT2D eigenvalue weighted by Crippen LogP contribution is 2.45. The number of fused-ring (bicyclic) bond motifs is 2. The maximum Gasteiger partial charge on any atom is 0.254 e. The van der Waals surface area contributed by atoms with Gasteiger partial charge in [-0.2, -0.15) is 0 Å². The number of methoxy groups -OCH3 is 1. The first kappa shape index (κ1) is 26.4. The Kier molecular flexibility index (Phi) is 8.45. The SMILES string of the molecule is COCCN1C(=O)c2ccccc2[C@@H](C(=O)NCCCN2CCCCCC2)[C@@H]1c1cn(C)c2ccccc12. The molecule has 3 aromatic rings. The largest absolute Gasteiger partial charge is 0.383 e. The van der Waals surface area contributed by atoms with Crippen LogP contribution >= 0.6 is 0 Å². The summed E-state index contributed by atoms with van der Waals surface area (Å²) in [7, 11) is 3.66. The number of carbonyl (C=O) groups excluding carboxylic acids is 2. The van der Waals surface area contributed by atoms with Crippen molar-refractivity contribution >= 4 is 22.7 Å². The van der Waals surface area contributed by atoms with E-state index in [0.29, 0.717) is 25.3 Å². The zero-order valence-electron chi connectivity index (χ0n) is 22.7. The van der Waals surface area contributed by atoms with E-state index in [2.05, 4.69) is 33.1 Å². The highest BCUT2D eigenvalue weighted by molar-refractivity contribution is 6.02. The van der Waals surface area contributed by atoms with Crippen LogP contribution in [0.25, 0.3) is 10.9 Å². The molecule has 1 aromatic heterocycles. The van der Waals surface area contributed by atoms with Crippen molar-refractivity contribution in [3.05, 3.63) is 71.4 Å². The second-order valence-corrected chi connectivity index (χ2v) is 10.6. The number of nitrogens with one attached hydrogen (secondary N) is 1. The standard InChI is InChI=1S/C31H40N4O3/c1-33-22-26(23-12-7-8-15-27(23)33)29-28(30(36)32-16-11-19-34-17-9-3-4-10-18-34)24-13-5-6-14-25(24)31(37)35(29)20-21-38-2/h5-8,12-15,22,28-29H,3-4,9-11,16-21H2,1-2H3,(H,32,36)/t28-,29+/m1/s1. The van der Waals surface area contributed by atoms with Crippen LogP contribution in [0.2, 0.25) is 0 Å². The Morgan fingerprint density at radius 2 is 1.71 bits per heavy atom.